The first-order valence-corrected chi connectivity index (χ1v) is 30.7. The Bertz CT molecular complexity index is 1620. The van der Waals surface area contributed by atoms with Gasteiger partial charge in [0.1, 0.15) is 13.2 Å². The standard InChI is InChI=1S/C69H112O6/c1-4-7-10-13-16-19-22-25-28-31-34-37-40-43-46-49-52-55-58-61-67(70)73-64-66(75-69(72)63-60-57-54-51-48-45-42-39-36-33-30-27-24-21-18-15-12-9-6-3)65-74-68(71)62-59-56-53-50-47-44-41-38-35-32-29-26-23-20-17-14-11-8-5-2/h7,9-10,12,16,18-19,21,25,27-28,30,34,36-37,39,43,45-46,48,54,57,66H,4-6,8,11,13-15,17,20,22-24,26,29,31-33,35,38,40-42,44,47,49-53,55-56,58-65H2,1-3H3/b10-7-,12-9-,19-16-,21-18-,28-25-,30-27-,37-34-,39-36-,46-43-,48-45-,57-54-/t66-/m1/s1. The molecule has 0 aliphatic carbocycles. The van der Waals surface area contributed by atoms with Crippen LogP contribution in [0.3, 0.4) is 0 Å². The number of hydrogen-bond donors (Lipinski definition) is 0. The van der Waals surface area contributed by atoms with Crippen LogP contribution in [0.15, 0.2) is 134 Å². The van der Waals surface area contributed by atoms with Gasteiger partial charge in [-0.15, -0.1) is 0 Å². The Hall–Kier alpha value is -4.45. The average Bonchev–Trinajstić information content (AvgIpc) is 3.41. The van der Waals surface area contributed by atoms with Crippen LogP contribution in [0.25, 0.3) is 0 Å². The monoisotopic (exact) mass is 1040 g/mol. The summed E-state index contributed by atoms with van der Waals surface area (Å²) in [6, 6.07) is 0. The smallest absolute Gasteiger partial charge is 0.306 e. The molecule has 0 amide bonds. The SMILES string of the molecule is CC/C=C\C/C=C\C/C=C\C/C=C\C/C=C\C/C=C\CCC(=O)O[C@H](COC(=O)CCCCC/C=C\C/C=C\C/C=C\C/C=C\C/C=C\CC)COC(=O)CCCCCCCCCCCCCCCCCCCCC. The molecule has 0 N–H and O–H groups in total. The van der Waals surface area contributed by atoms with E-state index in [9.17, 15) is 14.4 Å². The molecule has 0 spiro atoms. The molecule has 0 fully saturated rings. The zero-order valence-corrected chi connectivity index (χ0v) is 48.5. The largest absolute Gasteiger partial charge is 0.462 e. The van der Waals surface area contributed by atoms with Crippen LogP contribution in [-0.2, 0) is 28.6 Å². The minimum absolute atomic E-state index is 0.121. The number of ether oxygens (including phenoxy) is 3. The van der Waals surface area contributed by atoms with Gasteiger partial charge in [0.15, 0.2) is 6.10 Å². The lowest BCUT2D eigenvalue weighted by molar-refractivity contribution is -0.166. The van der Waals surface area contributed by atoms with Crippen molar-refractivity contribution in [2.75, 3.05) is 13.2 Å². The maximum absolute atomic E-state index is 12.9. The number of carbonyl (C=O) groups excluding carboxylic acids is 3. The van der Waals surface area contributed by atoms with Crippen molar-refractivity contribution >= 4 is 17.9 Å². The molecule has 1 atom stereocenters. The highest BCUT2D eigenvalue weighted by Crippen LogP contribution is 2.16. The van der Waals surface area contributed by atoms with Crippen molar-refractivity contribution in [3.63, 3.8) is 0 Å². The van der Waals surface area contributed by atoms with Crippen molar-refractivity contribution in [3.8, 4) is 0 Å². The maximum atomic E-state index is 12.9. The third-order valence-electron chi connectivity index (χ3n) is 12.7. The van der Waals surface area contributed by atoms with Crippen LogP contribution in [-0.4, -0.2) is 37.2 Å². The lowest BCUT2D eigenvalue weighted by Gasteiger charge is -2.18. The number of rotatable bonds is 54. The molecule has 0 bridgehead atoms. The van der Waals surface area contributed by atoms with Crippen molar-refractivity contribution in [2.24, 2.45) is 0 Å². The highest BCUT2D eigenvalue weighted by molar-refractivity contribution is 5.71. The number of hydrogen-bond acceptors (Lipinski definition) is 6. The van der Waals surface area contributed by atoms with Gasteiger partial charge in [-0.1, -0.05) is 276 Å². The lowest BCUT2D eigenvalue weighted by atomic mass is 10.0. The Morgan fingerprint density at radius 2 is 0.547 bits per heavy atom. The molecule has 424 valence electrons. The highest BCUT2D eigenvalue weighted by atomic mass is 16.6. The average molecular weight is 1040 g/mol. The molecule has 0 rings (SSSR count). The van der Waals surface area contributed by atoms with Gasteiger partial charge in [-0.05, 0) is 103 Å². The number of allylic oxidation sites excluding steroid dienone is 22. The van der Waals surface area contributed by atoms with Gasteiger partial charge in [0.2, 0.25) is 0 Å². The van der Waals surface area contributed by atoms with E-state index in [4.69, 9.17) is 14.2 Å². The van der Waals surface area contributed by atoms with E-state index in [0.717, 1.165) is 116 Å². The van der Waals surface area contributed by atoms with Gasteiger partial charge in [0.05, 0.1) is 0 Å². The first-order valence-electron chi connectivity index (χ1n) is 30.7. The van der Waals surface area contributed by atoms with E-state index in [0.29, 0.717) is 19.3 Å². The van der Waals surface area contributed by atoms with Crippen LogP contribution in [0.2, 0.25) is 0 Å². The molecule has 0 radical (unpaired) electrons. The number of unbranched alkanes of at least 4 members (excludes halogenated alkanes) is 21. The molecule has 0 saturated heterocycles. The van der Waals surface area contributed by atoms with E-state index in [1.807, 2.05) is 12.2 Å². The van der Waals surface area contributed by atoms with Gasteiger partial charge in [-0.25, -0.2) is 0 Å². The molecule has 0 unspecified atom stereocenters. The molecule has 0 aromatic heterocycles. The predicted octanol–water partition coefficient (Wildman–Crippen LogP) is 21.0. The van der Waals surface area contributed by atoms with Crippen LogP contribution in [0, 0.1) is 0 Å². The Morgan fingerprint density at radius 3 is 0.867 bits per heavy atom. The number of esters is 3. The molecular weight excluding hydrogens is 925 g/mol. The van der Waals surface area contributed by atoms with Crippen molar-refractivity contribution in [2.45, 2.75) is 271 Å². The van der Waals surface area contributed by atoms with Gasteiger partial charge in [-0.3, -0.25) is 14.4 Å². The first-order chi connectivity index (χ1) is 37.0. The Morgan fingerprint density at radius 1 is 0.280 bits per heavy atom. The van der Waals surface area contributed by atoms with Gasteiger partial charge in [0, 0.05) is 19.3 Å². The molecule has 0 aliphatic heterocycles. The molecule has 0 aromatic rings. The van der Waals surface area contributed by atoms with E-state index in [2.05, 4.69) is 142 Å². The highest BCUT2D eigenvalue weighted by Gasteiger charge is 2.19. The minimum atomic E-state index is -0.837. The summed E-state index contributed by atoms with van der Waals surface area (Å²) < 4.78 is 16.8. The molecule has 75 heavy (non-hydrogen) atoms. The zero-order chi connectivity index (χ0) is 54.3. The van der Waals surface area contributed by atoms with Crippen molar-refractivity contribution in [1.82, 2.24) is 0 Å². The predicted molar refractivity (Wildman–Crippen MR) is 325 cm³/mol. The molecule has 0 aliphatic rings. The second kappa shape index (κ2) is 62.1. The molecule has 0 aromatic carbocycles. The summed E-state index contributed by atoms with van der Waals surface area (Å²) >= 11 is 0. The van der Waals surface area contributed by atoms with E-state index in [-0.39, 0.29) is 31.6 Å². The zero-order valence-electron chi connectivity index (χ0n) is 48.5. The van der Waals surface area contributed by atoms with Crippen LogP contribution < -0.4 is 0 Å². The van der Waals surface area contributed by atoms with Crippen LogP contribution in [0.5, 0.6) is 0 Å². The van der Waals surface area contributed by atoms with Gasteiger partial charge in [0.25, 0.3) is 0 Å². The van der Waals surface area contributed by atoms with E-state index in [1.165, 1.54) is 103 Å². The van der Waals surface area contributed by atoms with Crippen molar-refractivity contribution in [1.29, 1.82) is 0 Å². The lowest BCUT2D eigenvalue weighted by Crippen LogP contribution is -2.30. The fraction of sp³-hybridized carbons (Fsp3) is 0.638. The van der Waals surface area contributed by atoms with Gasteiger partial charge >= 0.3 is 17.9 Å². The molecule has 0 heterocycles. The first kappa shape index (κ1) is 70.5. The summed E-state index contributed by atoms with van der Waals surface area (Å²) in [6.07, 6.45) is 87.5. The Kier molecular flexibility index (Phi) is 58.4. The van der Waals surface area contributed by atoms with E-state index >= 15 is 0 Å². The van der Waals surface area contributed by atoms with Crippen LogP contribution in [0.4, 0.5) is 0 Å². The summed E-state index contributed by atoms with van der Waals surface area (Å²) in [4.78, 5) is 38.2. The van der Waals surface area contributed by atoms with Gasteiger partial charge < -0.3 is 14.2 Å². The Labute approximate surface area is 462 Å². The van der Waals surface area contributed by atoms with Crippen molar-refractivity contribution < 1.29 is 28.6 Å². The molecule has 6 heteroatoms. The normalized spacial score (nSPS) is 13.1. The van der Waals surface area contributed by atoms with Crippen LogP contribution in [0.1, 0.15) is 265 Å². The molecule has 0 saturated carbocycles. The maximum Gasteiger partial charge on any atom is 0.306 e. The second-order valence-electron chi connectivity index (χ2n) is 19.9. The van der Waals surface area contributed by atoms with E-state index < -0.39 is 12.1 Å². The third-order valence-corrected chi connectivity index (χ3v) is 12.7. The summed E-state index contributed by atoms with van der Waals surface area (Å²) in [6.45, 7) is 6.34. The number of carbonyl (C=O) groups is 3. The topological polar surface area (TPSA) is 78.9 Å². The summed E-state index contributed by atoms with van der Waals surface area (Å²) in [7, 11) is 0. The quantitative estimate of drug-likeness (QED) is 0.0261. The minimum Gasteiger partial charge on any atom is -0.462 e. The van der Waals surface area contributed by atoms with Crippen LogP contribution >= 0.6 is 0 Å². The Balaban J connectivity index is 4.55. The fourth-order valence-corrected chi connectivity index (χ4v) is 8.14. The fourth-order valence-electron chi connectivity index (χ4n) is 8.14. The van der Waals surface area contributed by atoms with Crippen molar-refractivity contribution in [3.05, 3.63) is 134 Å². The summed E-state index contributed by atoms with van der Waals surface area (Å²) in [5, 5.41) is 0. The molecular formula is C69H112O6. The summed E-state index contributed by atoms with van der Waals surface area (Å²) in [5.41, 5.74) is 0. The van der Waals surface area contributed by atoms with Gasteiger partial charge in [-0.2, -0.15) is 0 Å². The second-order valence-corrected chi connectivity index (χ2v) is 19.9. The summed E-state index contributed by atoms with van der Waals surface area (Å²) in [5.74, 6) is -1.04. The third kappa shape index (κ3) is 60.3. The van der Waals surface area contributed by atoms with E-state index in [1.54, 1.807) is 0 Å². The molecule has 6 nitrogen and oxygen atoms in total.